The Hall–Kier alpha value is -0.980. The number of halogens is 1. The predicted molar refractivity (Wildman–Crippen MR) is 85.0 cm³/mol. The van der Waals surface area contributed by atoms with Crippen molar-refractivity contribution in [1.29, 1.82) is 0 Å². The number of nitrogens with one attached hydrogen (secondary N) is 1. The van der Waals surface area contributed by atoms with Crippen LogP contribution in [0.4, 0.5) is 4.39 Å². The van der Waals surface area contributed by atoms with E-state index in [0.29, 0.717) is 13.0 Å². The molecule has 0 saturated heterocycles. The Labute approximate surface area is 131 Å². The Balaban J connectivity index is 1.96. The largest absolute Gasteiger partial charge is 0.311 e. The molecule has 1 aromatic carbocycles. The topological polar surface area (TPSA) is 66.4 Å². The normalized spacial score (nSPS) is 18.3. The highest BCUT2D eigenvalue weighted by Gasteiger charge is 2.31. The summed E-state index contributed by atoms with van der Waals surface area (Å²) in [5.41, 5.74) is 1.04. The highest BCUT2D eigenvalue weighted by molar-refractivity contribution is 7.85. The molecule has 2 N–H and O–H groups in total. The molecule has 6 heteroatoms. The SMILES string of the molecule is O=S(=O)(O)CCCNC1(Cc2ccc(F)cc2)CCCCC1. The quantitative estimate of drug-likeness (QED) is 0.596. The second-order valence-corrected chi connectivity index (χ2v) is 7.78. The minimum atomic E-state index is -3.89. The lowest BCUT2D eigenvalue weighted by atomic mass is 9.77. The summed E-state index contributed by atoms with van der Waals surface area (Å²) < 4.78 is 43.4. The zero-order valence-corrected chi connectivity index (χ0v) is 13.5. The Kier molecular flexibility index (Phi) is 5.94. The summed E-state index contributed by atoms with van der Waals surface area (Å²) in [6.07, 6.45) is 6.80. The van der Waals surface area contributed by atoms with Gasteiger partial charge in [0.25, 0.3) is 10.1 Å². The van der Waals surface area contributed by atoms with Crippen molar-refractivity contribution in [1.82, 2.24) is 5.32 Å². The van der Waals surface area contributed by atoms with Crippen LogP contribution in [0.3, 0.4) is 0 Å². The fourth-order valence-electron chi connectivity index (χ4n) is 3.25. The van der Waals surface area contributed by atoms with E-state index < -0.39 is 10.1 Å². The van der Waals surface area contributed by atoms with Crippen LogP contribution in [0.15, 0.2) is 24.3 Å². The smallest absolute Gasteiger partial charge is 0.264 e. The molecule has 0 atom stereocenters. The van der Waals surface area contributed by atoms with Gasteiger partial charge in [-0.1, -0.05) is 31.4 Å². The Morgan fingerprint density at radius 1 is 1.14 bits per heavy atom. The monoisotopic (exact) mass is 329 g/mol. The van der Waals surface area contributed by atoms with E-state index in [1.54, 1.807) is 0 Å². The molecule has 124 valence electrons. The third-order valence-electron chi connectivity index (χ3n) is 4.35. The molecule has 0 spiro atoms. The summed E-state index contributed by atoms with van der Waals surface area (Å²) >= 11 is 0. The summed E-state index contributed by atoms with van der Waals surface area (Å²) in [4.78, 5) is 0. The van der Waals surface area contributed by atoms with Crippen molar-refractivity contribution in [2.24, 2.45) is 0 Å². The lowest BCUT2D eigenvalue weighted by Crippen LogP contribution is -2.49. The first-order valence-electron chi connectivity index (χ1n) is 7.83. The van der Waals surface area contributed by atoms with Crippen molar-refractivity contribution in [3.8, 4) is 0 Å². The van der Waals surface area contributed by atoms with Gasteiger partial charge in [-0.05, 0) is 49.9 Å². The number of benzene rings is 1. The summed E-state index contributed by atoms with van der Waals surface area (Å²) in [6, 6.07) is 6.57. The fraction of sp³-hybridized carbons (Fsp3) is 0.625. The van der Waals surface area contributed by atoms with E-state index in [-0.39, 0.29) is 17.1 Å². The summed E-state index contributed by atoms with van der Waals surface area (Å²) in [7, 11) is -3.89. The van der Waals surface area contributed by atoms with E-state index in [4.69, 9.17) is 4.55 Å². The molecule has 1 aromatic rings. The van der Waals surface area contributed by atoms with Crippen LogP contribution >= 0.6 is 0 Å². The summed E-state index contributed by atoms with van der Waals surface area (Å²) in [5.74, 6) is -0.449. The van der Waals surface area contributed by atoms with Gasteiger partial charge in [0.2, 0.25) is 0 Å². The fourth-order valence-corrected chi connectivity index (χ4v) is 3.75. The molecule has 1 aliphatic carbocycles. The van der Waals surface area contributed by atoms with Gasteiger partial charge in [0.15, 0.2) is 0 Å². The van der Waals surface area contributed by atoms with E-state index in [1.807, 2.05) is 12.1 Å². The van der Waals surface area contributed by atoms with E-state index in [2.05, 4.69) is 5.32 Å². The van der Waals surface area contributed by atoms with Gasteiger partial charge in [-0.25, -0.2) is 4.39 Å². The van der Waals surface area contributed by atoms with Crippen LogP contribution in [-0.2, 0) is 16.5 Å². The van der Waals surface area contributed by atoms with Gasteiger partial charge < -0.3 is 5.32 Å². The Morgan fingerprint density at radius 3 is 2.36 bits per heavy atom. The average molecular weight is 329 g/mol. The van der Waals surface area contributed by atoms with Crippen LogP contribution < -0.4 is 5.32 Å². The molecular weight excluding hydrogens is 305 g/mol. The third-order valence-corrected chi connectivity index (χ3v) is 5.15. The van der Waals surface area contributed by atoms with Crippen molar-refractivity contribution >= 4 is 10.1 Å². The number of rotatable bonds is 7. The van der Waals surface area contributed by atoms with E-state index >= 15 is 0 Å². The standard InChI is InChI=1S/C16H24FNO3S/c17-15-7-5-14(6-8-15)13-16(9-2-1-3-10-16)18-11-4-12-22(19,20)21/h5-8,18H,1-4,9-13H2,(H,19,20,21). The van der Waals surface area contributed by atoms with Gasteiger partial charge in [0, 0.05) is 5.54 Å². The van der Waals surface area contributed by atoms with Crippen LogP contribution in [0.2, 0.25) is 0 Å². The van der Waals surface area contributed by atoms with Crippen molar-refractivity contribution in [3.63, 3.8) is 0 Å². The zero-order chi connectivity index (χ0) is 16.1. The second-order valence-electron chi connectivity index (χ2n) is 6.21. The van der Waals surface area contributed by atoms with Crippen LogP contribution in [0.1, 0.15) is 44.1 Å². The molecule has 0 radical (unpaired) electrons. The average Bonchev–Trinajstić information content (AvgIpc) is 2.46. The molecule has 0 aromatic heterocycles. The summed E-state index contributed by atoms with van der Waals surface area (Å²) in [5, 5.41) is 3.50. The lowest BCUT2D eigenvalue weighted by Gasteiger charge is -2.39. The lowest BCUT2D eigenvalue weighted by molar-refractivity contribution is 0.229. The van der Waals surface area contributed by atoms with Gasteiger partial charge >= 0.3 is 0 Å². The second kappa shape index (κ2) is 7.53. The molecule has 1 saturated carbocycles. The maximum Gasteiger partial charge on any atom is 0.264 e. The molecule has 0 aliphatic heterocycles. The molecule has 4 nitrogen and oxygen atoms in total. The van der Waals surface area contributed by atoms with Crippen LogP contribution in [0, 0.1) is 5.82 Å². The third kappa shape index (κ3) is 5.66. The summed E-state index contributed by atoms with van der Waals surface area (Å²) in [6.45, 7) is 0.557. The molecule has 2 rings (SSSR count). The first-order chi connectivity index (χ1) is 10.4. The van der Waals surface area contributed by atoms with E-state index in [1.165, 1.54) is 18.6 Å². The first kappa shape index (κ1) is 17.4. The first-order valence-corrected chi connectivity index (χ1v) is 9.44. The maximum absolute atomic E-state index is 13.0. The highest BCUT2D eigenvalue weighted by Crippen LogP contribution is 2.31. The van der Waals surface area contributed by atoms with Crippen LogP contribution in [-0.4, -0.2) is 30.8 Å². The van der Waals surface area contributed by atoms with Crippen molar-refractivity contribution in [3.05, 3.63) is 35.6 Å². The van der Waals surface area contributed by atoms with Gasteiger partial charge in [-0.2, -0.15) is 8.42 Å². The number of hydrogen-bond acceptors (Lipinski definition) is 3. The van der Waals surface area contributed by atoms with Gasteiger partial charge in [-0.3, -0.25) is 4.55 Å². The molecule has 0 unspecified atom stereocenters. The Bertz CT molecular complexity index is 566. The molecule has 1 fully saturated rings. The van der Waals surface area contributed by atoms with Crippen LogP contribution in [0.25, 0.3) is 0 Å². The van der Waals surface area contributed by atoms with Gasteiger partial charge in [-0.15, -0.1) is 0 Å². The Morgan fingerprint density at radius 2 is 1.77 bits per heavy atom. The van der Waals surface area contributed by atoms with Crippen molar-refractivity contribution in [2.45, 2.75) is 50.5 Å². The van der Waals surface area contributed by atoms with Crippen molar-refractivity contribution in [2.75, 3.05) is 12.3 Å². The molecule has 0 heterocycles. The minimum Gasteiger partial charge on any atom is -0.311 e. The molecular formula is C16H24FNO3S. The van der Waals surface area contributed by atoms with Gasteiger partial charge in [0.05, 0.1) is 5.75 Å². The molecule has 22 heavy (non-hydrogen) atoms. The molecule has 0 bridgehead atoms. The molecule has 0 amide bonds. The minimum absolute atomic E-state index is 0.0463. The molecule has 1 aliphatic rings. The maximum atomic E-state index is 13.0. The highest BCUT2D eigenvalue weighted by atomic mass is 32.2. The van der Waals surface area contributed by atoms with Crippen LogP contribution in [0.5, 0.6) is 0 Å². The zero-order valence-electron chi connectivity index (χ0n) is 12.7. The van der Waals surface area contributed by atoms with Gasteiger partial charge in [0.1, 0.15) is 5.82 Å². The predicted octanol–water partition coefficient (Wildman–Crippen LogP) is 2.94. The van der Waals surface area contributed by atoms with Crippen molar-refractivity contribution < 1.29 is 17.4 Å². The van der Waals surface area contributed by atoms with E-state index in [0.717, 1.165) is 37.7 Å². The van der Waals surface area contributed by atoms with E-state index in [9.17, 15) is 12.8 Å². The number of hydrogen-bond donors (Lipinski definition) is 2.